The second kappa shape index (κ2) is 5.01. The first-order valence-corrected chi connectivity index (χ1v) is 7.98. The number of rotatable bonds is 1. The summed E-state index contributed by atoms with van der Waals surface area (Å²) in [6.45, 7) is -1.98. The smallest absolute Gasteiger partial charge is 0.212 e. The predicted octanol–water partition coefficient (Wildman–Crippen LogP) is 4.50. The van der Waals surface area contributed by atoms with Crippen molar-refractivity contribution < 1.29 is 12.8 Å². The molecule has 0 saturated carbocycles. The van der Waals surface area contributed by atoms with Crippen molar-refractivity contribution in [2.24, 2.45) is 7.05 Å². The maximum Gasteiger partial charge on any atom is 0.212 e. The second-order valence-electron chi connectivity index (χ2n) is 6.51. The van der Waals surface area contributed by atoms with Crippen molar-refractivity contribution in [1.82, 2.24) is 4.98 Å². The molecule has 120 valence electrons. The Labute approximate surface area is 152 Å². The summed E-state index contributed by atoms with van der Waals surface area (Å²) in [7, 11) is 1.94. The fourth-order valence-electron chi connectivity index (χ4n) is 3.51. The van der Waals surface area contributed by atoms with Crippen LogP contribution in [0.5, 0.6) is 0 Å². The first-order valence-electron chi connectivity index (χ1n) is 11.0. The highest BCUT2D eigenvalue weighted by atomic mass is 14.9. The average molecular weight is 321 g/mol. The van der Waals surface area contributed by atoms with Gasteiger partial charge in [-0.2, -0.15) is 0 Å². The molecular formula is C22H23N2+. The summed E-state index contributed by atoms with van der Waals surface area (Å²) in [4.78, 5) is 4.48. The van der Waals surface area contributed by atoms with Crippen molar-refractivity contribution in [2.45, 2.75) is 33.0 Å². The molecule has 0 amide bonds. The molecule has 0 fully saturated rings. The summed E-state index contributed by atoms with van der Waals surface area (Å²) < 4.78 is 51.9. The molecule has 0 bridgehead atoms. The fraction of sp³-hybridized carbons (Fsp3) is 0.273. The minimum Gasteiger partial charge on any atom is -0.257 e. The van der Waals surface area contributed by atoms with E-state index in [1.165, 1.54) is 0 Å². The Bertz CT molecular complexity index is 1150. The Kier molecular flexibility index (Phi) is 2.03. The Morgan fingerprint density at radius 3 is 2.58 bits per heavy atom. The van der Waals surface area contributed by atoms with Crippen LogP contribution in [0.1, 0.15) is 44.4 Å². The van der Waals surface area contributed by atoms with E-state index in [1.807, 2.05) is 49.0 Å². The molecular weight excluding hydrogens is 292 g/mol. The number of nitrogens with zero attached hydrogens (tertiary/aromatic N) is 2. The molecule has 0 radical (unpaired) electrons. The van der Waals surface area contributed by atoms with Gasteiger partial charge in [0.2, 0.25) is 5.69 Å². The van der Waals surface area contributed by atoms with E-state index < -0.39 is 19.1 Å². The van der Waals surface area contributed by atoms with Crippen molar-refractivity contribution in [3.63, 3.8) is 0 Å². The van der Waals surface area contributed by atoms with Gasteiger partial charge in [0.25, 0.3) is 0 Å². The number of fused-ring (bicyclic) bond motifs is 3. The molecule has 0 N–H and O–H groups in total. The number of hydrogen-bond acceptors (Lipinski definition) is 1. The second-order valence-corrected chi connectivity index (χ2v) is 6.51. The van der Waals surface area contributed by atoms with Crippen molar-refractivity contribution in [3.8, 4) is 22.4 Å². The maximum atomic E-state index is 8.32. The van der Waals surface area contributed by atoms with Crippen LogP contribution in [0.25, 0.3) is 22.4 Å². The first-order chi connectivity index (χ1) is 13.9. The van der Waals surface area contributed by atoms with Gasteiger partial charge in [0.15, 0.2) is 6.20 Å². The van der Waals surface area contributed by atoms with Crippen LogP contribution >= 0.6 is 0 Å². The highest BCUT2D eigenvalue weighted by Gasteiger charge is 2.37. The van der Waals surface area contributed by atoms with Crippen LogP contribution in [0.2, 0.25) is 0 Å². The van der Waals surface area contributed by atoms with Gasteiger partial charge in [0.05, 0.1) is 5.69 Å². The molecule has 0 saturated heterocycles. The fourth-order valence-corrected chi connectivity index (χ4v) is 3.51. The van der Waals surface area contributed by atoms with Crippen LogP contribution in [0.4, 0.5) is 0 Å². The van der Waals surface area contributed by atoms with E-state index in [4.69, 9.17) is 8.22 Å². The molecule has 0 aliphatic heterocycles. The van der Waals surface area contributed by atoms with E-state index in [-0.39, 0.29) is 5.69 Å². The lowest BCUT2D eigenvalue weighted by Crippen LogP contribution is -2.30. The number of hydrogen-bond donors (Lipinski definition) is 0. The SMILES string of the molecule is [2H]C([2H])([2H])C1(C([2H])([2H])[2H])c2cc(C)c(-c3cccc[n+]3C)cc2-c2ccc(C)nc21. The molecule has 0 atom stereocenters. The minimum absolute atomic E-state index is 0.117. The third-order valence-corrected chi connectivity index (χ3v) is 4.78. The van der Waals surface area contributed by atoms with Crippen molar-refractivity contribution >= 4 is 0 Å². The number of pyridine rings is 2. The van der Waals surface area contributed by atoms with E-state index in [9.17, 15) is 0 Å². The molecule has 1 aromatic carbocycles. The van der Waals surface area contributed by atoms with Gasteiger partial charge in [0, 0.05) is 42.6 Å². The summed E-state index contributed by atoms with van der Waals surface area (Å²) in [5.41, 5.74) is 2.73. The molecule has 2 nitrogen and oxygen atoms in total. The third kappa shape index (κ3) is 2.02. The zero-order valence-electron chi connectivity index (χ0n) is 20.0. The van der Waals surface area contributed by atoms with E-state index >= 15 is 0 Å². The van der Waals surface area contributed by atoms with Crippen LogP contribution in [0.3, 0.4) is 0 Å². The topological polar surface area (TPSA) is 16.8 Å². The highest BCUT2D eigenvalue weighted by Crippen LogP contribution is 2.49. The third-order valence-electron chi connectivity index (χ3n) is 4.78. The van der Waals surface area contributed by atoms with Gasteiger partial charge in [-0.3, -0.25) is 4.98 Å². The Balaban J connectivity index is 2.15. The lowest BCUT2D eigenvalue weighted by atomic mass is 9.83. The molecule has 2 heteroatoms. The molecule has 0 spiro atoms. The van der Waals surface area contributed by atoms with Crippen LogP contribution < -0.4 is 4.57 Å². The summed E-state index contributed by atoms with van der Waals surface area (Å²) in [5.74, 6) is 0. The molecule has 1 aliphatic carbocycles. The molecule has 24 heavy (non-hydrogen) atoms. The lowest BCUT2D eigenvalue weighted by molar-refractivity contribution is -0.660. The molecule has 0 unspecified atom stereocenters. The molecule has 3 aromatic rings. The van der Waals surface area contributed by atoms with Gasteiger partial charge < -0.3 is 0 Å². The average Bonchev–Trinajstić information content (AvgIpc) is 2.90. The Morgan fingerprint density at radius 2 is 1.83 bits per heavy atom. The maximum absolute atomic E-state index is 8.32. The van der Waals surface area contributed by atoms with Gasteiger partial charge in [-0.05, 0) is 48.7 Å². The predicted molar refractivity (Wildman–Crippen MR) is 97.9 cm³/mol. The zero-order chi connectivity index (χ0) is 22.1. The zero-order valence-corrected chi connectivity index (χ0v) is 14.0. The quantitative estimate of drug-likeness (QED) is 0.603. The van der Waals surface area contributed by atoms with Crippen molar-refractivity contribution in [1.29, 1.82) is 0 Å². The minimum atomic E-state index is -2.80. The molecule has 4 rings (SSSR count). The van der Waals surface area contributed by atoms with Crippen molar-refractivity contribution in [3.05, 3.63) is 71.2 Å². The van der Waals surface area contributed by atoms with Crippen molar-refractivity contribution in [2.75, 3.05) is 0 Å². The summed E-state index contributed by atoms with van der Waals surface area (Å²) in [6, 6.07) is 13.1. The van der Waals surface area contributed by atoms with E-state index in [0.717, 1.165) is 16.8 Å². The first kappa shape index (κ1) is 9.73. The van der Waals surface area contributed by atoms with E-state index in [1.54, 1.807) is 25.1 Å². The van der Waals surface area contributed by atoms with Gasteiger partial charge in [0.1, 0.15) is 7.05 Å². The Morgan fingerprint density at radius 1 is 1.00 bits per heavy atom. The number of aromatic nitrogens is 2. The standard InChI is InChI=1S/C22H23N2/c1-14-12-19-18(13-17(14)20-8-6-7-11-24(20)5)16-10-9-15(2)23-21(16)22(19,3)4/h6-13H,1-5H3/q+1/i3D3,4D3. The lowest BCUT2D eigenvalue weighted by Gasteiger charge is -2.21. The largest absolute Gasteiger partial charge is 0.257 e. The molecule has 1 aliphatic rings. The van der Waals surface area contributed by atoms with Crippen LogP contribution in [-0.4, -0.2) is 4.98 Å². The van der Waals surface area contributed by atoms with Crippen LogP contribution in [0, 0.1) is 13.8 Å². The molecule has 2 aromatic heterocycles. The van der Waals surface area contributed by atoms with Gasteiger partial charge in [-0.15, -0.1) is 0 Å². The van der Waals surface area contributed by atoms with E-state index in [2.05, 4.69) is 4.98 Å². The Hall–Kier alpha value is -2.48. The summed E-state index contributed by atoms with van der Waals surface area (Å²) in [6.07, 6.45) is 1.94. The number of benzene rings is 1. The van der Waals surface area contributed by atoms with Gasteiger partial charge in [-0.25, -0.2) is 4.57 Å². The normalized spacial score (nSPS) is 19.1. The summed E-state index contributed by atoms with van der Waals surface area (Å²) in [5, 5.41) is 0. The summed E-state index contributed by atoms with van der Waals surface area (Å²) >= 11 is 0. The van der Waals surface area contributed by atoms with Gasteiger partial charge in [-0.1, -0.05) is 25.8 Å². The van der Waals surface area contributed by atoms with Crippen LogP contribution in [-0.2, 0) is 12.5 Å². The van der Waals surface area contributed by atoms with Crippen LogP contribution in [0.15, 0.2) is 48.7 Å². The van der Waals surface area contributed by atoms with E-state index in [0.29, 0.717) is 22.4 Å². The van der Waals surface area contributed by atoms with Gasteiger partial charge >= 0.3 is 0 Å². The monoisotopic (exact) mass is 321 g/mol. The molecule has 2 heterocycles. The highest BCUT2D eigenvalue weighted by molar-refractivity contribution is 5.83. The number of aryl methyl sites for hydroxylation is 3.